The van der Waals surface area contributed by atoms with E-state index in [2.05, 4.69) is 39.9 Å². The Hall–Kier alpha value is -11.5. The van der Waals surface area contributed by atoms with Crippen LogP contribution in [0.15, 0.2) is 192 Å². The Labute approximate surface area is 543 Å². The van der Waals surface area contributed by atoms with Crippen molar-refractivity contribution in [3.63, 3.8) is 0 Å². The minimum atomic E-state index is -1.66. The highest BCUT2D eigenvalue weighted by Crippen LogP contribution is 2.48. The van der Waals surface area contributed by atoms with Crippen LogP contribution < -0.4 is 31.4 Å². The van der Waals surface area contributed by atoms with Gasteiger partial charge in [-0.2, -0.15) is 0 Å². The van der Waals surface area contributed by atoms with Crippen LogP contribution >= 0.6 is 0 Å². The summed E-state index contributed by atoms with van der Waals surface area (Å²) in [6.45, 7) is 9.15. The van der Waals surface area contributed by atoms with Gasteiger partial charge in [0, 0.05) is 106 Å². The van der Waals surface area contributed by atoms with Gasteiger partial charge in [-0.15, -0.1) is 0 Å². The van der Waals surface area contributed by atoms with Gasteiger partial charge in [-0.25, -0.2) is 56.9 Å². The highest BCUT2D eigenvalue weighted by atomic mass is 19.2. The van der Waals surface area contributed by atoms with Gasteiger partial charge in [-0.05, 0) is 125 Å². The lowest BCUT2D eigenvalue weighted by molar-refractivity contribution is -0.130. The van der Waals surface area contributed by atoms with Gasteiger partial charge in [0.25, 0.3) is 17.7 Å². The molecule has 6 unspecified atom stereocenters. The molecule has 0 saturated heterocycles. The van der Waals surface area contributed by atoms with Crippen molar-refractivity contribution in [2.45, 2.75) is 77.2 Å². The van der Waals surface area contributed by atoms with Crippen LogP contribution in [0.2, 0.25) is 0 Å². The number of aliphatic imine (C=N–C) groups is 3. The molecule has 6 aromatic carbocycles. The van der Waals surface area contributed by atoms with E-state index in [-0.39, 0.29) is 40.8 Å². The van der Waals surface area contributed by atoms with Gasteiger partial charge in [-0.3, -0.25) is 34.1 Å². The van der Waals surface area contributed by atoms with Crippen molar-refractivity contribution in [1.29, 1.82) is 0 Å². The molecule has 6 N–H and O–H groups in total. The minimum Gasteiger partial charge on any atom is -0.460 e. The standard InChI is InChI=1S/C24H22F2N4O2.C23H21F2N5O2.C23H22FN5O2/c1-14-10-17(8-9-21(14)32-15(2)25)24(22(31)30(3)23(27)29-24)20-7-5-4-6-19(20)16-11-18(26)13-28-12-16;1-13-9-16(7-8-19(13)32-14(2)24)23(21(31)30(3)22(26)29-23)17-5-4-6-18(25)20(17)15-10-27-12-28-11-15;1-14-9-19(7-8-20(14)31-15(2)24)23(21(30)29(3)22(25)28-23)18-6-4-5-16(10-18)17-11-26-13-27-12-17/h4-13,15H,1-3H3,(H2,27,29);4-12,14H,1-3H3,(H2,26,29);4-13,15H,1-3H3,(H2,25,28). The number of guanidine groups is 3. The maximum Gasteiger partial charge on any atom is 0.266 e. The summed E-state index contributed by atoms with van der Waals surface area (Å²) in [5, 5.41) is 0. The SMILES string of the molecule is Cc1cc(C2(c3cccc(-c4cncnc4)c3)N=C(N)N(C)C2=O)ccc1OC(C)F.Cc1cc(C2(c3cccc(F)c3-c3cncnc3)N=C(N)N(C)C2=O)ccc1OC(C)F.Cc1cc(C2(c3ccccc3-c3cncc(F)c3)N=C(N)N(C)C2=O)ccc1OC(C)F. The van der Waals surface area contributed by atoms with E-state index in [0.717, 1.165) is 17.3 Å². The monoisotopic (exact) mass is 1290 g/mol. The second kappa shape index (κ2) is 27.0. The highest BCUT2D eigenvalue weighted by molar-refractivity contribution is 6.11. The molecule has 0 saturated carbocycles. The number of alkyl halides is 3. The molecule has 25 heteroatoms. The molecule has 12 rings (SSSR count). The van der Waals surface area contributed by atoms with E-state index in [1.54, 1.807) is 132 Å². The number of pyridine rings is 1. The Kier molecular flexibility index (Phi) is 18.9. The Morgan fingerprint density at radius 2 is 0.821 bits per heavy atom. The molecular weight excluding hydrogens is 1230 g/mol. The first-order chi connectivity index (χ1) is 45.3. The number of rotatable bonds is 15. The number of aryl methyl sites for hydroxylation is 3. The summed E-state index contributed by atoms with van der Waals surface area (Å²) in [5.41, 5.74) is 21.9. The van der Waals surface area contributed by atoms with Crippen LogP contribution in [0.25, 0.3) is 33.4 Å². The van der Waals surface area contributed by atoms with Gasteiger partial charge in [0.05, 0.1) is 6.20 Å². The zero-order valence-electron chi connectivity index (χ0n) is 53.0. The van der Waals surface area contributed by atoms with Gasteiger partial charge in [0.1, 0.15) is 41.5 Å². The van der Waals surface area contributed by atoms with Gasteiger partial charge in [0.15, 0.2) is 34.5 Å². The number of hydrogen-bond donors (Lipinski definition) is 3. The largest absolute Gasteiger partial charge is 0.460 e. The molecule has 3 aliphatic rings. The van der Waals surface area contributed by atoms with Crippen LogP contribution in [0.1, 0.15) is 70.8 Å². The van der Waals surface area contributed by atoms with Crippen LogP contribution in [-0.2, 0) is 31.0 Å². The summed E-state index contributed by atoms with van der Waals surface area (Å²) < 4.78 is 84.8. The Balaban J connectivity index is 0.000000155. The fourth-order valence-corrected chi connectivity index (χ4v) is 11.6. The molecule has 3 aromatic heterocycles. The fraction of sp³-hybridized carbons (Fsp3) is 0.214. The van der Waals surface area contributed by atoms with Gasteiger partial charge in [0.2, 0.25) is 19.1 Å². The molecule has 0 bridgehead atoms. The molecule has 6 atom stereocenters. The summed E-state index contributed by atoms with van der Waals surface area (Å²) in [6.07, 6.45) is 7.32. The molecule has 0 radical (unpaired) electrons. The zero-order chi connectivity index (χ0) is 68.3. The second-order valence-corrected chi connectivity index (χ2v) is 22.5. The molecule has 3 amide bonds. The van der Waals surface area contributed by atoms with Crippen LogP contribution in [0, 0.1) is 32.4 Å². The molecule has 0 fully saturated rings. The lowest BCUT2D eigenvalue weighted by Crippen LogP contribution is -2.41. The average Bonchev–Trinajstić information content (AvgIpc) is 1.66. The number of likely N-dealkylation sites (N-methyl/N-ethyl adjacent to an activating group) is 3. The third-order valence-electron chi connectivity index (χ3n) is 16.1. The summed E-state index contributed by atoms with van der Waals surface area (Å²) in [4.78, 5) is 78.3. The number of ether oxygens (including phenoxy) is 3. The molecule has 486 valence electrons. The molecule has 3 aliphatic heterocycles. The number of carbonyl (C=O) groups is 3. The van der Waals surface area contributed by atoms with Gasteiger partial charge in [-0.1, -0.05) is 72.8 Å². The van der Waals surface area contributed by atoms with Gasteiger partial charge < -0.3 is 31.4 Å². The lowest BCUT2D eigenvalue weighted by Gasteiger charge is -2.29. The third kappa shape index (κ3) is 12.7. The predicted molar refractivity (Wildman–Crippen MR) is 347 cm³/mol. The maximum absolute atomic E-state index is 15.2. The van der Waals surface area contributed by atoms with Crippen molar-refractivity contribution in [3.05, 3.63) is 239 Å². The Morgan fingerprint density at radius 1 is 0.421 bits per heavy atom. The van der Waals surface area contributed by atoms with Crippen molar-refractivity contribution in [2.75, 3.05) is 21.1 Å². The fourth-order valence-electron chi connectivity index (χ4n) is 11.6. The highest BCUT2D eigenvalue weighted by Gasteiger charge is 2.53. The summed E-state index contributed by atoms with van der Waals surface area (Å²) in [5.74, 6) is -0.903. The van der Waals surface area contributed by atoms with Crippen LogP contribution in [0.4, 0.5) is 22.0 Å². The Bertz CT molecular complexity index is 4510. The smallest absolute Gasteiger partial charge is 0.266 e. The summed E-state index contributed by atoms with van der Waals surface area (Å²) in [7, 11) is 4.64. The van der Waals surface area contributed by atoms with Crippen molar-refractivity contribution in [1.82, 2.24) is 39.6 Å². The van der Waals surface area contributed by atoms with E-state index in [1.165, 1.54) is 92.0 Å². The number of aromatic nitrogens is 5. The molecule has 95 heavy (non-hydrogen) atoms. The molecule has 6 heterocycles. The normalized spacial score (nSPS) is 19.2. The van der Waals surface area contributed by atoms with E-state index in [9.17, 15) is 31.9 Å². The topological polar surface area (TPSA) is 268 Å². The first-order valence-corrected chi connectivity index (χ1v) is 29.6. The van der Waals surface area contributed by atoms with Crippen molar-refractivity contribution in [2.24, 2.45) is 32.2 Å². The number of nitrogens with zero attached hydrogens (tertiary/aromatic N) is 11. The predicted octanol–water partition coefficient (Wildman–Crippen LogP) is 10.4. The van der Waals surface area contributed by atoms with E-state index < -0.39 is 53.2 Å². The summed E-state index contributed by atoms with van der Waals surface area (Å²) >= 11 is 0. The Morgan fingerprint density at radius 3 is 1.26 bits per heavy atom. The van der Waals surface area contributed by atoms with Gasteiger partial charge >= 0.3 is 0 Å². The van der Waals surface area contributed by atoms with Crippen LogP contribution in [-0.4, -0.2) is 115 Å². The quantitative estimate of drug-likeness (QED) is 0.0806. The number of halogens is 5. The second-order valence-electron chi connectivity index (χ2n) is 22.5. The molecule has 20 nitrogen and oxygen atoms in total. The van der Waals surface area contributed by atoms with Crippen molar-refractivity contribution in [3.8, 4) is 50.6 Å². The number of hydrogen-bond acceptors (Lipinski definition) is 17. The molecule has 0 spiro atoms. The van der Waals surface area contributed by atoms with E-state index in [4.69, 9.17) is 31.4 Å². The first-order valence-electron chi connectivity index (χ1n) is 29.6. The van der Waals surface area contributed by atoms with Crippen molar-refractivity contribution >= 4 is 35.6 Å². The van der Waals surface area contributed by atoms with Crippen molar-refractivity contribution < 1.29 is 50.5 Å². The van der Waals surface area contributed by atoms with E-state index >= 15 is 4.39 Å². The number of amides is 3. The number of benzene rings is 6. The average molecular weight is 1290 g/mol. The van der Waals surface area contributed by atoms with Crippen LogP contribution in [0.5, 0.6) is 17.2 Å². The van der Waals surface area contributed by atoms with E-state index in [0.29, 0.717) is 78.4 Å². The number of nitrogens with two attached hydrogens (primary N) is 3. The first kappa shape index (κ1) is 66.4. The lowest BCUT2D eigenvalue weighted by atomic mass is 9.78. The summed E-state index contributed by atoms with van der Waals surface area (Å²) in [6, 6.07) is 35.3. The van der Waals surface area contributed by atoms with E-state index in [1.807, 2.05) is 24.3 Å². The molecular formula is C70H65F5N14O6. The third-order valence-corrected chi connectivity index (χ3v) is 16.1. The van der Waals surface area contributed by atoms with Crippen LogP contribution in [0.3, 0.4) is 0 Å². The minimum absolute atomic E-state index is 0.00937. The number of carbonyl (C=O) groups excluding carboxylic acids is 3. The molecule has 9 aromatic rings. The zero-order valence-corrected chi connectivity index (χ0v) is 53.0. The maximum atomic E-state index is 15.2. The molecule has 0 aliphatic carbocycles.